The van der Waals surface area contributed by atoms with Gasteiger partial charge in [-0.1, -0.05) is 37.2 Å². The Balaban J connectivity index is 1.91. The van der Waals surface area contributed by atoms with Crippen molar-refractivity contribution in [3.8, 4) is 0 Å². The third kappa shape index (κ3) is 6.38. The number of unbranched alkanes of at least 4 members (excludes halogenated alkanes) is 1. The molecule has 1 heterocycles. The number of anilines is 1. The Hall–Kier alpha value is -2.88. The number of carboxylic acids is 1. The van der Waals surface area contributed by atoms with Gasteiger partial charge in [0, 0.05) is 18.1 Å². The minimum atomic E-state index is -1.29. The molecule has 3 N–H and O–H groups in total. The average Bonchev–Trinajstić information content (AvgIpc) is 2.67. The summed E-state index contributed by atoms with van der Waals surface area (Å²) in [5.74, 6) is 4.09. The Kier molecular flexibility index (Phi) is 8.00. The van der Waals surface area contributed by atoms with E-state index < -0.39 is 11.5 Å². The zero-order valence-electron chi connectivity index (χ0n) is 15.5. The molecule has 28 heavy (non-hydrogen) atoms. The first kappa shape index (κ1) is 21.4. The SMILES string of the molecule is CCCCc1ccc(NC(=O)CSc2nnc(CCC(=O)[O-])c(=O)n2N)cc1. The molecule has 0 aliphatic rings. The lowest BCUT2D eigenvalue weighted by atomic mass is 10.1. The quantitative estimate of drug-likeness (QED) is 0.419. The van der Waals surface area contributed by atoms with E-state index in [1.807, 2.05) is 24.3 Å². The van der Waals surface area contributed by atoms with Crippen LogP contribution in [0.2, 0.25) is 0 Å². The number of hydrogen-bond acceptors (Lipinski definition) is 8. The third-order valence-corrected chi connectivity index (χ3v) is 4.83. The van der Waals surface area contributed by atoms with Crippen LogP contribution < -0.4 is 21.8 Å². The first-order valence-electron chi connectivity index (χ1n) is 8.85. The molecule has 0 saturated heterocycles. The number of aryl methyl sites for hydroxylation is 2. The Morgan fingerprint density at radius 2 is 1.93 bits per heavy atom. The van der Waals surface area contributed by atoms with Gasteiger partial charge >= 0.3 is 0 Å². The van der Waals surface area contributed by atoms with E-state index in [-0.39, 0.29) is 35.4 Å². The average molecular weight is 404 g/mol. The molecule has 150 valence electrons. The summed E-state index contributed by atoms with van der Waals surface area (Å²) in [5.41, 5.74) is 1.18. The van der Waals surface area contributed by atoms with Gasteiger partial charge in [-0.25, -0.2) is 0 Å². The smallest absolute Gasteiger partial charge is 0.294 e. The van der Waals surface area contributed by atoms with Gasteiger partial charge in [0.25, 0.3) is 5.56 Å². The number of hydrogen-bond donors (Lipinski definition) is 2. The Labute approximate surface area is 166 Å². The molecule has 0 aliphatic heterocycles. The van der Waals surface area contributed by atoms with E-state index >= 15 is 0 Å². The van der Waals surface area contributed by atoms with E-state index in [0.717, 1.165) is 35.7 Å². The molecule has 1 aromatic carbocycles. The number of aliphatic carboxylic acids is 1. The van der Waals surface area contributed by atoms with Crippen molar-refractivity contribution in [1.82, 2.24) is 14.9 Å². The minimum absolute atomic E-state index is 0.0126. The number of nitrogens with two attached hydrogens (primary N) is 1. The molecule has 2 aromatic rings. The number of aromatic nitrogens is 3. The van der Waals surface area contributed by atoms with Crippen LogP contribution in [0, 0.1) is 0 Å². The lowest BCUT2D eigenvalue weighted by Gasteiger charge is -2.09. The number of benzene rings is 1. The lowest BCUT2D eigenvalue weighted by molar-refractivity contribution is -0.305. The van der Waals surface area contributed by atoms with Crippen molar-refractivity contribution >= 4 is 29.3 Å². The number of carbonyl (C=O) groups is 2. The van der Waals surface area contributed by atoms with Gasteiger partial charge < -0.3 is 21.1 Å². The number of nitrogen functional groups attached to an aromatic ring is 1. The van der Waals surface area contributed by atoms with Gasteiger partial charge in [-0.05, 0) is 37.0 Å². The van der Waals surface area contributed by atoms with Crippen molar-refractivity contribution in [1.29, 1.82) is 0 Å². The van der Waals surface area contributed by atoms with Crippen molar-refractivity contribution in [2.24, 2.45) is 0 Å². The van der Waals surface area contributed by atoms with Crippen LogP contribution in [0.25, 0.3) is 0 Å². The molecule has 1 amide bonds. The van der Waals surface area contributed by atoms with E-state index in [4.69, 9.17) is 5.84 Å². The number of carboxylic acid groups (broad SMARTS) is 1. The molecule has 10 heteroatoms. The molecule has 0 bridgehead atoms. The monoisotopic (exact) mass is 404 g/mol. The molecular formula is C18H22N5O4S-. The Morgan fingerprint density at radius 1 is 1.21 bits per heavy atom. The summed E-state index contributed by atoms with van der Waals surface area (Å²) in [6.07, 6.45) is 2.78. The largest absolute Gasteiger partial charge is 0.550 e. The fourth-order valence-corrected chi connectivity index (χ4v) is 3.01. The highest BCUT2D eigenvalue weighted by Crippen LogP contribution is 2.15. The predicted molar refractivity (Wildman–Crippen MR) is 104 cm³/mol. The summed E-state index contributed by atoms with van der Waals surface area (Å²) < 4.78 is 0.762. The van der Waals surface area contributed by atoms with Crippen molar-refractivity contribution in [3.63, 3.8) is 0 Å². The van der Waals surface area contributed by atoms with Gasteiger partial charge in [0.15, 0.2) is 0 Å². The van der Waals surface area contributed by atoms with Gasteiger partial charge in [0.1, 0.15) is 5.69 Å². The maximum atomic E-state index is 12.1. The van der Waals surface area contributed by atoms with Gasteiger partial charge in [-0.15, -0.1) is 10.2 Å². The molecule has 0 fully saturated rings. The molecule has 9 nitrogen and oxygen atoms in total. The molecule has 1 aromatic heterocycles. The maximum Gasteiger partial charge on any atom is 0.294 e. The van der Waals surface area contributed by atoms with E-state index in [9.17, 15) is 19.5 Å². The van der Waals surface area contributed by atoms with Gasteiger partial charge in [0.05, 0.1) is 5.75 Å². The topological polar surface area (TPSA) is 143 Å². The molecule has 0 unspecified atom stereocenters. The first-order valence-corrected chi connectivity index (χ1v) is 9.84. The predicted octanol–water partition coefficient (Wildman–Crippen LogP) is 0.108. The van der Waals surface area contributed by atoms with Crippen LogP contribution in [0.15, 0.2) is 34.2 Å². The number of nitrogens with zero attached hydrogens (tertiary/aromatic N) is 3. The molecule has 0 spiro atoms. The number of thioether (sulfide) groups is 1. The third-order valence-electron chi connectivity index (χ3n) is 3.88. The van der Waals surface area contributed by atoms with Crippen molar-refractivity contribution in [2.45, 2.75) is 44.2 Å². The van der Waals surface area contributed by atoms with Crippen molar-refractivity contribution in [2.75, 3.05) is 16.9 Å². The van der Waals surface area contributed by atoms with Crippen LogP contribution in [0.4, 0.5) is 5.69 Å². The second-order valence-corrected chi connectivity index (χ2v) is 7.06. The van der Waals surface area contributed by atoms with Crippen LogP contribution in [0.1, 0.15) is 37.4 Å². The minimum Gasteiger partial charge on any atom is -0.550 e. The molecule has 2 rings (SSSR count). The van der Waals surface area contributed by atoms with Gasteiger partial charge in [-0.2, -0.15) is 4.68 Å². The summed E-state index contributed by atoms with van der Waals surface area (Å²) in [7, 11) is 0. The fourth-order valence-electron chi connectivity index (χ4n) is 2.36. The molecule has 0 radical (unpaired) electrons. The van der Waals surface area contributed by atoms with E-state index in [1.54, 1.807) is 0 Å². The number of rotatable bonds is 10. The molecule has 0 atom stereocenters. The highest BCUT2D eigenvalue weighted by Gasteiger charge is 2.12. The second-order valence-electron chi connectivity index (χ2n) is 6.11. The van der Waals surface area contributed by atoms with Crippen LogP contribution in [0.3, 0.4) is 0 Å². The van der Waals surface area contributed by atoms with E-state index in [0.29, 0.717) is 5.69 Å². The lowest BCUT2D eigenvalue weighted by Crippen LogP contribution is -2.34. The Morgan fingerprint density at radius 3 is 2.57 bits per heavy atom. The summed E-state index contributed by atoms with van der Waals surface area (Å²) in [5, 5.41) is 20.8. The molecule has 0 aliphatic carbocycles. The first-order chi connectivity index (χ1) is 13.4. The Bertz CT molecular complexity index is 883. The van der Waals surface area contributed by atoms with E-state index in [2.05, 4.69) is 22.4 Å². The van der Waals surface area contributed by atoms with Crippen LogP contribution in [-0.4, -0.2) is 32.5 Å². The van der Waals surface area contributed by atoms with Crippen molar-refractivity contribution < 1.29 is 14.7 Å². The number of amides is 1. The zero-order chi connectivity index (χ0) is 20.5. The van der Waals surface area contributed by atoms with Crippen LogP contribution >= 0.6 is 11.8 Å². The molecule has 0 saturated carbocycles. The van der Waals surface area contributed by atoms with Crippen molar-refractivity contribution in [3.05, 3.63) is 45.9 Å². The van der Waals surface area contributed by atoms with Crippen LogP contribution in [0.5, 0.6) is 0 Å². The normalized spacial score (nSPS) is 10.6. The highest BCUT2D eigenvalue weighted by molar-refractivity contribution is 7.99. The standard InChI is InChI=1S/C18H23N5O4S/c1-2-3-4-12-5-7-13(8-6-12)20-15(24)11-28-18-22-21-14(9-10-16(25)26)17(27)23(18)19/h5-8H,2-4,9-11,19H2,1H3,(H,20,24)(H,25,26)/p-1. The molecular weight excluding hydrogens is 382 g/mol. The highest BCUT2D eigenvalue weighted by atomic mass is 32.2. The summed E-state index contributed by atoms with van der Waals surface area (Å²) in [6, 6.07) is 7.65. The second kappa shape index (κ2) is 10.5. The fraction of sp³-hybridized carbons (Fsp3) is 0.389. The van der Waals surface area contributed by atoms with Crippen LogP contribution in [-0.2, 0) is 22.4 Å². The maximum absolute atomic E-state index is 12.1. The summed E-state index contributed by atoms with van der Waals surface area (Å²) in [4.78, 5) is 34.6. The number of carbonyl (C=O) groups excluding carboxylic acids is 2. The van der Waals surface area contributed by atoms with E-state index in [1.165, 1.54) is 5.56 Å². The summed E-state index contributed by atoms with van der Waals surface area (Å²) >= 11 is 0.960. The summed E-state index contributed by atoms with van der Waals surface area (Å²) in [6.45, 7) is 2.14. The van der Waals surface area contributed by atoms with Gasteiger partial charge in [0.2, 0.25) is 11.1 Å². The number of nitrogens with one attached hydrogen (secondary N) is 1. The van der Waals surface area contributed by atoms with Gasteiger partial charge in [-0.3, -0.25) is 9.59 Å². The zero-order valence-corrected chi connectivity index (χ0v) is 16.3.